The average Bonchev–Trinajstić information content (AvgIpc) is 3.53. The molecule has 6 rings (SSSR count). The van der Waals surface area contributed by atoms with E-state index in [9.17, 15) is 14.4 Å². The molecule has 33 heavy (non-hydrogen) atoms. The number of nitrogens with one attached hydrogen (secondary N) is 2. The van der Waals surface area contributed by atoms with Crippen LogP contribution in [-0.2, 0) is 16.1 Å². The van der Waals surface area contributed by atoms with Crippen LogP contribution >= 0.6 is 0 Å². The average molecular weight is 443 g/mol. The maximum absolute atomic E-state index is 13.1. The van der Waals surface area contributed by atoms with Crippen molar-refractivity contribution in [3.05, 3.63) is 70.8 Å². The van der Waals surface area contributed by atoms with Crippen molar-refractivity contribution in [3.63, 3.8) is 0 Å². The zero-order valence-corrected chi connectivity index (χ0v) is 18.5. The summed E-state index contributed by atoms with van der Waals surface area (Å²) in [6.07, 6.45) is 3.36. The van der Waals surface area contributed by atoms with E-state index in [1.54, 1.807) is 4.90 Å². The van der Waals surface area contributed by atoms with Crippen LogP contribution in [0.4, 0.5) is 0 Å². The van der Waals surface area contributed by atoms with Crippen molar-refractivity contribution in [1.29, 1.82) is 0 Å². The molecule has 0 aromatic heterocycles. The zero-order valence-electron chi connectivity index (χ0n) is 18.5. The van der Waals surface area contributed by atoms with Gasteiger partial charge in [0.2, 0.25) is 11.8 Å². The Hall–Kier alpha value is -3.61. The molecule has 3 heterocycles. The molecule has 1 saturated heterocycles. The van der Waals surface area contributed by atoms with Crippen molar-refractivity contribution in [2.24, 2.45) is 5.92 Å². The van der Waals surface area contributed by atoms with E-state index in [4.69, 9.17) is 0 Å². The second kappa shape index (κ2) is 7.47. The molecule has 2 aromatic carbocycles. The van der Waals surface area contributed by atoms with Crippen LogP contribution in [0.2, 0.25) is 0 Å². The number of nitrogens with zero attached hydrogens (tertiary/aromatic N) is 2. The lowest BCUT2D eigenvalue weighted by molar-refractivity contribution is -0.136. The predicted octanol–water partition coefficient (Wildman–Crippen LogP) is 2.54. The Morgan fingerprint density at radius 1 is 0.939 bits per heavy atom. The molecule has 7 nitrogen and oxygen atoms in total. The number of carbonyl (C=O) groups is 3. The van der Waals surface area contributed by atoms with E-state index >= 15 is 0 Å². The summed E-state index contributed by atoms with van der Waals surface area (Å²) in [5.74, 6) is -0.154. The van der Waals surface area contributed by atoms with Crippen LogP contribution in [0.3, 0.4) is 0 Å². The molecule has 0 bridgehead atoms. The van der Waals surface area contributed by atoms with E-state index in [1.165, 1.54) is 18.5 Å². The number of fused-ring (bicyclic) bond motifs is 1. The summed E-state index contributed by atoms with van der Waals surface area (Å²) in [5, 5.41) is 6.13. The van der Waals surface area contributed by atoms with Gasteiger partial charge in [0.15, 0.2) is 0 Å². The highest BCUT2D eigenvalue weighted by atomic mass is 16.2. The van der Waals surface area contributed by atoms with Gasteiger partial charge >= 0.3 is 0 Å². The molecule has 7 heteroatoms. The van der Waals surface area contributed by atoms with Gasteiger partial charge in [0, 0.05) is 31.1 Å². The Morgan fingerprint density at radius 3 is 2.45 bits per heavy atom. The summed E-state index contributed by atoms with van der Waals surface area (Å²) in [6, 6.07) is 15.7. The van der Waals surface area contributed by atoms with E-state index in [2.05, 4.69) is 52.9 Å². The van der Waals surface area contributed by atoms with Crippen molar-refractivity contribution in [2.45, 2.75) is 44.4 Å². The van der Waals surface area contributed by atoms with Crippen molar-refractivity contribution in [1.82, 2.24) is 20.4 Å². The maximum atomic E-state index is 13.1. The second-order valence-corrected chi connectivity index (χ2v) is 9.40. The van der Waals surface area contributed by atoms with E-state index < -0.39 is 6.04 Å². The summed E-state index contributed by atoms with van der Waals surface area (Å²) < 4.78 is 0. The number of hydrogen-bond donors (Lipinski definition) is 2. The minimum absolute atomic E-state index is 0.143. The molecule has 2 aromatic rings. The fourth-order valence-corrected chi connectivity index (χ4v) is 5.37. The minimum atomic E-state index is -0.597. The molecule has 3 aliphatic heterocycles. The third kappa shape index (κ3) is 3.30. The number of benzene rings is 2. The van der Waals surface area contributed by atoms with Gasteiger partial charge in [-0.05, 0) is 48.4 Å². The number of hydrogen-bond acceptors (Lipinski definition) is 5. The second-order valence-electron chi connectivity index (χ2n) is 9.40. The number of carbonyl (C=O) groups excluding carboxylic acids is 3. The number of piperidine rings is 1. The molecular formula is C26H26N4O3. The Labute approximate surface area is 192 Å². The van der Waals surface area contributed by atoms with Gasteiger partial charge in [-0.15, -0.1) is 0 Å². The SMILES string of the molecule is CN1C(c2ccccc2)=C(c2ccc3c(c2)CN(C2CCC(=O)NC2=O)C3=O)NC1C1CC1. The lowest BCUT2D eigenvalue weighted by Crippen LogP contribution is -2.52. The number of rotatable bonds is 4. The summed E-state index contributed by atoms with van der Waals surface area (Å²) >= 11 is 0. The van der Waals surface area contributed by atoms with Crippen molar-refractivity contribution >= 4 is 29.1 Å². The summed E-state index contributed by atoms with van der Waals surface area (Å²) in [7, 11) is 2.15. The molecule has 2 N–H and O–H groups in total. The summed E-state index contributed by atoms with van der Waals surface area (Å²) in [5.41, 5.74) is 6.00. The highest BCUT2D eigenvalue weighted by Gasteiger charge is 2.42. The Kier molecular flexibility index (Phi) is 4.54. The first kappa shape index (κ1) is 20.0. The first-order valence-electron chi connectivity index (χ1n) is 11.6. The fraction of sp³-hybridized carbons (Fsp3) is 0.346. The van der Waals surface area contributed by atoms with Gasteiger partial charge in [0.1, 0.15) is 12.2 Å². The topological polar surface area (TPSA) is 81.8 Å². The van der Waals surface area contributed by atoms with Crippen LogP contribution < -0.4 is 10.6 Å². The minimum Gasteiger partial charge on any atom is -0.363 e. The lowest BCUT2D eigenvalue weighted by Gasteiger charge is -2.29. The lowest BCUT2D eigenvalue weighted by atomic mass is 10.0. The van der Waals surface area contributed by atoms with E-state index in [0.29, 0.717) is 24.4 Å². The third-order valence-corrected chi connectivity index (χ3v) is 7.23. The maximum Gasteiger partial charge on any atom is 0.255 e. The van der Waals surface area contributed by atoms with Gasteiger partial charge in [0.05, 0.1) is 11.4 Å². The van der Waals surface area contributed by atoms with Crippen molar-refractivity contribution < 1.29 is 14.4 Å². The largest absolute Gasteiger partial charge is 0.363 e. The predicted molar refractivity (Wildman–Crippen MR) is 123 cm³/mol. The van der Waals surface area contributed by atoms with Gasteiger partial charge in [-0.25, -0.2) is 0 Å². The molecule has 2 fully saturated rings. The number of amides is 3. The molecular weight excluding hydrogens is 416 g/mol. The van der Waals surface area contributed by atoms with Crippen LogP contribution in [0.25, 0.3) is 11.4 Å². The van der Waals surface area contributed by atoms with Crippen LogP contribution in [0.5, 0.6) is 0 Å². The summed E-state index contributed by atoms with van der Waals surface area (Å²) in [4.78, 5) is 40.9. The van der Waals surface area contributed by atoms with Gasteiger partial charge in [-0.1, -0.05) is 36.4 Å². The highest BCUT2D eigenvalue weighted by molar-refractivity contribution is 6.05. The van der Waals surface area contributed by atoms with Gasteiger partial charge in [-0.3, -0.25) is 19.7 Å². The molecule has 1 aliphatic carbocycles. The van der Waals surface area contributed by atoms with Crippen molar-refractivity contribution in [2.75, 3.05) is 7.05 Å². The van der Waals surface area contributed by atoms with E-state index in [-0.39, 0.29) is 30.3 Å². The van der Waals surface area contributed by atoms with Crippen LogP contribution in [0.1, 0.15) is 52.7 Å². The molecule has 2 unspecified atom stereocenters. The van der Waals surface area contributed by atoms with Gasteiger partial charge in [-0.2, -0.15) is 0 Å². The molecule has 0 radical (unpaired) electrons. The summed E-state index contributed by atoms with van der Waals surface area (Å²) in [6.45, 7) is 0.379. The monoisotopic (exact) mass is 442 g/mol. The molecule has 1 saturated carbocycles. The normalized spacial score (nSPS) is 24.8. The standard InChI is InChI=1S/C26H26N4O3/c1-29-23(15-5-3-2-4-6-15)22(28-24(29)16-7-8-16)17-9-10-19-18(13-17)14-30(26(19)33)20-11-12-21(31)27-25(20)32/h2-6,9-10,13,16,20,24,28H,7-8,11-12,14H2,1H3,(H,27,31,32). The highest BCUT2D eigenvalue weighted by Crippen LogP contribution is 2.43. The quantitative estimate of drug-likeness (QED) is 0.712. The van der Waals surface area contributed by atoms with Crippen molar-refractivity contribution in [3.8, 4) is 0 Å². The molecule has 0 spiro atoms. The van der Waals surface area contributed by atoms with Gasteiger partial charge in [0.25, 0.3) is 5.91 Å². The number of imide groups is 1. The molecule has 168 valence electrons. The van der Waals surface area contributed by atoms with E-state index in [0.717, 1.165) is 22.4 Å². The Balaban J connectivity index is 1.35. The zero-order chi connectivity index (χ0) is 22.7. The van der Waals surface area contributed by atoms with E-state index in [1.807, 2.05) is 18.2 Å². The van der Waals surface area contributed by atoms with Crippen LogP contribution in [0.15, 0.2) is 48.5 Å². The fourth-order valence-electron chi connectivity index (χ4n) is 5.37. The first-order valence-corrected chi connectivity index (χ1v) is 11.6. The van der Waals surface area contributed by atoms with Crippen LogP contribution in [0, 0.1) is 5.92 Å². The smallest absolute Gasteiger partial charge is 0.255 e. The third-order valence-electron chi connectivity index (χ3n) is 7.23. The molecule has 4 aliphatic rings. The van der Waals surface area contributed by atoms with Gasteiger partial charge < -0.3 is 15.1 Å². The first-order chi connectivity index (χ1) is 16.0. The Bertz CT molecular complexity index is 1200. The Morgan fingerprint density at radius 2 is 1.73 bits per heavy atom. The van der Waals surface area contributed by atoms with Crippen LogP contribution in [-0.4, -0.2) is 46.8 Å². The molecule has 2 atom stereocenters. The molecule has 3 amide bonds.